The van der Waals surface area contributed by atoms with E-state index in [1.807, 2.05) is 20.2 Å². The third-order valence-corrected chi connectivity index (χ3v) is 5.44. The number of nitrogens with two attached hydrogens (primary N) is 1. The molecule has 1 amide bonds. The molecule has 0 bridgehead atoms. The van der Waals surface area contributed by atoms with E-state index in [1.165, 1.54) is 11.3 Å². The highest BCUT2D eigenvalue weighted by atomic mass is 32.2. The Morgan fingerprint density at radius 1 is 1.57 bits per heavy atom. The fourth-order valence-corrected chi connectivity index (χ4v) is 3.80. The molecular weight excluding hydrogens is 308 g/mol. The van der Waals surface area contributed by atoms with E-state index in [9.17, 15) is 4.79 Å². The molecular formula is C13H22N4O2S2. The second-order valence-electron chi connectivity index (χ2n) is 5.03. The number of carbonyl (C=O) groups is 1. The third-order valence-electron chi connectivity index (χ3n) is 3.51. The molecule has 1 aromatic heterocycles. The molecule has 118 valence electrons. The highest BCUT2D eigenvalue weighted by molar-refractivity contribution is 7.98. The van der Waals surface area contributed by atoms with Gasteiger partial charge >= 0.3 is 0 Å². The Morgan fingerprint density at radius 2 is 2.24 bits per heavy atom. The van der Waals surface area contributed by atoms with Crippen molar-refractivity contribution in [2.75, 3.05) is 56.0 Å². The molecule has 0 saturated carbocycles. The number of hydrogen-bond acceptors (Lipinski definition) is 7. The second kappa shape index (κ2) is 7.33. The van der Waals surface area contributed by atoms with Crippen LogP contribution in [0.2, 0.25) is 0 Å². The lowest BCUT2D eigenvalue weighted by Gasteiger charge is -2.26. The highest BCUT2D eigenvalue weighted by Gasteiger charge is 2.25. The van der Waals surface area contributed by atoms with Crippen LogP contribution in [0.4, 0.5) is 10.9 Å². The summed E-state index contributed by atoms with van der Waals surface area (Å²) in [5.41, 5.74) is 5.95. The number of amides is 1. The molecule has 21 heavy (non-hydrogen) atoms. The SMILES string of the molecule is CSCC(C)N(C)C(=O)c1sc(N2CCOCC2)nc1N. The molecule has 0 aromatic carbocycles. The standard InChI is InChI=1S/C13H22N4O2S2/c1-9(8-20-3)16(2)12(18)10-11(14)15-13(21-10)17-4-6-19-7-5-17/h9H,4-8,14H2,1-3H3. The first-order valence-electron chi connectivity index (χ1n) is 6.89. The minimum absolute atomic E-state index is 0.0499. The summed E-state index contributed by atoms with van der Waals surface area (Å²) in [7, 11) is 1.82. The summed E-state index contributed by atoms with van der Waals surface area (Å²) in [5.74, 6) is 1.18. The Kier molecular flexibility index (Phi) is 5.72. The maximum Gasteiger partial charge on any atom is 0.267 e. The number of rotatable bonds is 5. The van der Waals surface area contributed by atoms with Crippen LogP contribution in [0, 0.1) is 0 Å². The Balaban J connectivity index is 2.12. The molecule has 1 aliphatic rings. The van der Waals surface area contributed by atoms with Gasteiger partial charge in [-0.1, -0.05) is 11.3 Å². The zero-order valence-electron chi connectivity index (χ0n) is 12.7. The van der Waals surface area contributed by atoms with E-state index in [0.717, 1.165) is 24.0 Å². The van der Waals surface area contributed by atoms with Gasteiger partial charge in [-0.2, -0.15) is 11.8 Å². The first-order valence-corrected chi connectivity index (χ1v) is 9.10. The van der Waals surface area contributed by atoms with Gasteiger partial charge in [-0.15, -0.1) is 0 Å². The van der Waals surface area contributed by atoms with E-state index in [4.69, 9.17) is 10.5 Å². The quantitative estimate of drug-likeness (QED) is 0.879. The summed E-state index contributed by atoms with van der Waals surface area (Å²) in [4.78, 5) is 21.3. The van der Waals surface area contributed by atoms with Crippen molar-refractivity contribution >= 4 is 40.0 Å². The van der Waals surface area contributed by atoms with Gasteiger partial charge in [0.25, 0.3) is 5.91 Å². The number of thiazole rings is 1. The fourth-order valence-electron chi connectivity index (χ4n) is 2.08. The molecule has 1 atom stereocenters. The molecule has 2 N–H and O–H groups in total. The zero-order valence-corrected chi connectivity index (χ0v) is 14.3. The number of ether oxygens (including phenoxy) is 1. The van der Waals surface area contributed by atoms with Crippen LogP contribution >= 0.6 is 23.1 Å². The van der Waals surface area contributed by atoms with Gasteiger partial charge in [-0.05, 0) is 13.2 Å². The van der Waals surface area contributed by atoms with Crippen molar-refractivity contribution in [3.63, 3.8) is 0 Å². The van der Waals surface area contributed by atoms with E-state index < -0.39 is 0 Å². The average molecular weight is 330 g/mol. The largest absolute Gasteiger partial charge is 0.382 e. The summed E-state index contributed by atoms with van der Waals surface area (Å²) >= 11 is 3.10. The van der Waals surface area contributed by atoms with Crippen molar-refractivity contribution in [2.45, 2.75) is 13.0 Å². The zero-order chi connectivity index (χ0) is 15.4. The fraction of sp³-hybridized carbons (Fsp3) is 0.692. The predicted molar refractivity (Wildman–Crippen MR) is 89.5 cm³/mol. The van der Waals surface area contributed by atoms with Gasteiger partial charge in [0, 0.05) is 31.9 Å². The first kappa shape index (κ1) is 16.4. The third kappa shape index (κ3) is 3.81. The Hall–Kier alpha value is -0.990. The molecule has 0 radical (unpaired) electrons. The predicted octanol–water partition coefficient (Wildman–Crippen LogP) is 1.39. The molecule has 8 heteroatoms. The molecule has 1 unspecified atom stereocenters. The van der Waals surface area contributed by atoms with Crippen molar-refractivity contribution in [2.24, 2.45) is 0 Å². The molecule has 0 aliphatic carbocycles. The van der Waals surface area contributed by atoms with Gasteiger partial charge in [0.2, 0.25) is 0 Å². The van der Waals surface area contributed by atoms with E-state index in [0.29, 0.717) is 23.9 Å². The van der Waals surface area contributed by atoms with Crippen molar-refractivity contribution < 1.29 is 9.53 Å². The molecule has 0 spiro atoms. The number of nitrogens with zero attached hydrogens (tertiary/aromatic N) is 3. The van der Waals surface area contributed by atoms with E-state index >= 15 is 0 Å². The molecule has 2 heterocycles. The van der Waals surface area contributed by atoms with Crippen LogP contribution in [-0.2, 0) is 4.74 Å². The molecule has 1 aliphatic heterocycles. The lowest BCUT2D eigenvalue weighted by atomic mass is 10.3. The van der Waals surface area contributed by atoms with Crippen LogP contribution in [-0.4, -0.2) is 67.2 Å². The van der Waals surface area contributed by atoms with Crippen LogP contribution < -0.4 is 10.6 Å². The van der Waals surface area contributed by atoms with Crippen molar-refractivity contribution in [3.05, 3.63) is 4.88 Å². The van der Waals surface area contributed by atoms with Crippen molar-refractivity contribution in [1.29, 1.82) is 0 Å². The van der Waals surface area contributed by atoms with Crippen LogP contribution in [0.1, 0.15) is 16.6 Å². The molecule has 1 saturated heterocycles. The summed E-state index contributed by atoms with van der Waals surface area (Å²) < 4.78 is 5.33. The van der Waals surface area contributed by atoms with Gasteiger partial charge < -0.3 is 20.3 Å². The monoisotopic (exact) mass is 330 g/mol. The van der Waals surface area contributed by atoms with Gasteiger partial charge in [-0.25, -0.2) is 4.98 Å². The van der Waals surface area contributed by atoms with E-state index in [2.05, 4.69) is 9.88 Å². The minimum atomic E-state index is -0.0499. The molecule has 2 rings (SSSR count). The first-order chi connectivity index (χ1) is 10.0. The number of nitrogen functional groups attached to an aromatic ring is 1. The molecule has 6 nitrogen and oxygen atoms in total. The maximum absolute atomic E-state index is 12.5. The maximum atomic E-state index is 12.5. The smallest absolute Gasteiger partial charge is 0.267 e. The van der Waals surface area contributed by atoms with Gasteiger partial charge in [-0.3, -0.25) is 4.79 Å². The summed E-state index contributed by atoms with van der Waals surface area (Å²) in [5, 5.41) is 0.810. The highest BCUT2D eigenvalue weighted by Crippen LogP contribution is 2.30. The lowest BCUT2D eigenvalue weighted by Crippen LogP contribution is -2.36. The lowest BCUT2D eigenvalue weighted by molar-refractivity contribution is 0.0763. The Morgan fingerprint density at radius 3 is 2.86 bits per heavy atom. The Bertz CT molecular complexity index is 489. The van der Waals surface area contributed by atoms with Gasteiger partial charge in [0.05, 0.1) is 13.2 Å². The minimum Gasteiger partial charge on any atom is -0.382 e. The number of anilines is 2. The van der Waals surface area contributed by atoms with Gasteiger partial charge in [0.15, 0.2) is 5.13 Å². The molecule has 1 aromatic rings. The normalized spacial score (nSPS) is 16.8. The Labute approximate surface area is 133 Å². The average Bonchev–Trinajstić information content (AvgIpc) is 2.89. The van der Waals surface area contributed by atoms with Crippen molar-refractivity contribution in [1.82, 2.24) is 9.88 Å². The van der Waals surface area contributed by atoms with Crippen molar-refractivity contribution in [3.8, 4) is 0 Å². The van der Waals surface area contributed by atoms with Crippen LogP contribution in [0.15, 0.2) is 0 Å². The number of carbonyl (C=O) groups excluding carboxylic acids is 1. The second-order valence-corrected chi connectivity index (χ2v) is 6.92. The topological polar surface area (TPSA) is 71.7 Å². The van der Waals surface area contributed by atoms with Crippen LogP contribution in [0.5, 0.6) is 0 Å². The van der Waals surface area contributed by atoms with E-state index in [1.54, 1.807) is 16.7 Å². The summed E-state index contributed by atoms with van der Waals surface area (Å²) in [6.45, 7) is 4.99. The summed E-state index contributed by atoms with van der Waals surface area (Å²) in [6, 6.07) is 0.167. The van der Waals surface area contributed by atoms with E-state index in [-0.39, 0.29) is 11.9 Å². The molecule has 1 fully saturated rings. The number of aromatic nitrogens is 1. The summed E-state index contributed by atoms with van der Waals surface area (Å²) in [6.07, 6.45) is 2.03. The number of hydrogen-bond donors (Lipinski definition) is 1. The van der Waals surface area contributed by atoms with Gasteiger partial charge in [0.1, 0.15) is 10.7 Å². The van der Waals surface area contributed by atoms with Crippen LogP contribution in [0.25, 0.3) is 0 Å². The van der Waals surface area contributed by atoms with Crippen LogP contribution in [0.3, 0.4) is 0 Å². The number of thioether (sulfide) groups is 1. The number of morpholine rings is 1.